The fourth-order valence-electron chi connectivity index (χ4n) is 3.71. The van der Waals surface area contributed by atoms with Crippen LogP contribution in [0.25, 0.3) is 0 Å². The standard InChI is InChI=1S/C20H22N2O3/c23-18-13-14-5-1-2-6-15(14)19(18)21-20(24)16-7-3-4-8-17(16)22-9-11-25-12-10-22/h1-8,18-19,23H,9-13H2,(H,21,24)/t18-,19+/m0/s1. The third-order valence-electron chi connectivity index (χ3n) is 4.99. The molecule has 2 N–H and O–H groups in total. The average Bonchev–Trinajstić information content (AvgIpc) is 2.98. The number of aliphatic hydroxyl groups is 1. The molecule has 2 aliphatic rings. The Labute approximate surface area is 147 Å². The number of ether oxygens (including phenoxy) is 1. The van der Waals surface area contributed by atoms with Crippen molar-refractivity contribution in [2.75, 3.05) is 31.2 Å². The van der Waals surface area contributed by atoms with Crippen LogP contribution < -0.4 is 10.2 Å². The molecule has 1 saturated heterocycles. The van der Waals surface area contributed by atoms with Crippen LogP contribution in [0.3, 0.4) is 0 Å². The number of hydrogen-bond donors (Lipinski definition) is 2. The highest BCUT2D eigenvalue weighted by atomic mass is 16.5. The van der Waals surface area contributed by atoms with Gasteiger partial charge in [-0.15, -0.1) is 0 Å². The van der Waals surface area contributed by atoms with Crippen LogP contribution in [0.15, 0.2) is 48.5 Å². The Bertz CT molecular complexity index is 771. The van der Waals surface area contributed by atoms with Gasteiger partial charge in [0.05, 0.1) is 30.9 Å². The van der Waals surface area contributed by atoms with E-state index >= 15 is 0 Å². The smallest absolute Gasteiger partial charge is 0.253 e. The summed E-state index contributed by atoms with van der Waals surface area (Å²) in [6.45, 7) is 2.90. The van der Waals surface area contributed by atoms with Gasteiger partial charge < -0.3 is 20.1 Å². The van der Waals surface area contributed by atoms with Crippen LogP contribution in [0.1, 0.15) is 27.5 Å². The summed E-state index contributed by atoms with van der Waals surface area (Å²) in [7, 11) is 0. The first-order valence-corrected chi connectivity index (χ1v) is 8.72. The minimum absolute atomic E-state index is 0.150. The average molecular weight is 338 g/mol. The van der Waals surface area contributed by atoms with Crippen LogP contribution in [-0.2, 0) is 11.2 Å². The SMILES string of the molecule is O=C(N[C@@H]1c2ccccc2C[C@@H]1O)c1ccccc1N1CCOCC1. The van der Waals surface area contributed by atoms with Crippen molar-refractivity contribution in [2.24, 2.45) is 0 Å². The number of carbonyl (C=O) groups is 1. The number of hydrogen-bond acceptors (Lipinski definition) is 4. The molecular weight excluding hydrogens is 316 g/mol. The van der Waals surface area contributed by atoms with Crippen LogP contribution >= 0.6 is 0 Å². The van der Waals surface area contributed by atoms with Gasteiger partial charge >= 0.3 is 0 Å². The molecule has 2 aromatic rings. The second kappa shape index (κ2) is 6.86. The van der Waals surface area contributed by atoms with E-state index in [4.69, 9.17) is 4.74 Å². The molecule has 0 unspecified atom stereocenters. The Morgan fingerprint density at radius 3 is 2.64 bits per heavy atom. The van der Waals surface area contributed by atoms with Crippen molar-refractivity contribution < 1.29 is 14.6 Å². The zero-order valence-electron chi connectivity index (χ0n) is 14.0. The zero-order chi connectivity index (χ0) is 17.2. The zero-order valence-corrected chi connectivity index (χ0v) is 14.0. The monoisotopic (exact) mass is 338 g/mol. The summed E-state index contributed by atoms with van der Waals surface area (Å²) in [5.41, 5.74) is 3.67. The molecule has 5 nitrogen and oxygen atoms in total. The first-order chi connectivity index (χ1) is 12.2. The van der Waals surface area contributed by atoms with Crippen molar-refractivity contribution in [1.29, 1.82) is 0 Å². The van der Waals surface area contributed by atoms with Crippen LogP contribution in [0.4, 0.5) is 5.69 Å². The number of rotatable bonds is 3. The maximum Gasteiger partial charge on any atom is 0.253 e. The van der Waals surface area contributed by atoms with E-state index in [1.807, 2.05) is 48.5 Å². The molecule has 0 saturated carbocycles. The van der Waals surface area contributed by atoms with Crippen molar-refractivity contribution in [3.63, 3.8) is 0 Å². The summed E-state index contributed by atoms with van der Waals surface area (Å²) in [6.07, 6.45) is -0.0106. The summed E-state index contributed by atoms with van der Waals surface area (Å²) < 4.78 is 5.41. The van der Waals surface area contributed by atoms with Gasteiger partial charge in [-0.25, -0.2) is 0 Å². The van der Waals surface area contributed by atoms with E-state index in [9.17, 15) is 9.90 Å². The number of fused-ring (bicyclic) bond motifs is 1. The van der Waals surface area contributed by atoms with Gasteiger partial charge in [-0.05, 0) is 23.3 Å². The van der Waals surface area contributed by atoms with Crippen molar-refractivity contribution >= 4 is 11.6 Å². The lowest BCUT2D eigenvalue weighted by atomic mass is 10.1. The molecule has 130 valence electrons. The van der Waals surface area contributed by atoms with Gasteiger partial charge in [-0.3, -0.25) is 4.79 Å². The number of carbonyl (C=O) groups excluding carboxylic acids is 1. The van der Waals surface area contributed by atoms with Gasteiger partial charge in [-0.1, -0.05) is 36.4 Å². The minimum atomic E-state index is -0.586. The lowest BCUT2D eigenvalue weighted by Crippen LogP contribution is -2.39. The molecule has 0 spiro atoms. The van der Waals surface area contributed by atoms with E-state index in [0.29, 0.717) is 25.2 Å². The van der Waals surface area contributed by atoms with Crippen molar-refractivity contribution in [3.05, 3.63) is 65.2 Å². The molecule has 1 amide bonds. The highest BCUT2D eigenvalue weighted by Gasteiger charge is 2.32. The Balaban J connectivity index is 1.58. The Hall–Kier alpha value is -2.37. The number of morpholine rings is 1. The molecule has 1 fully saturated rings. The Morgan fingerprint density at radius 1 is 1.08 bits per heavy atom. The van der Waals surface area contributed by atoms with Crippen LogP contribution in [0.2, 0.25) is 0 Å². The molecule has 1 aliphatic heterocycles. The second-order valence-corrected chi connectivity index (χ2v) is 6.54. The molecule has 1 aliphatic carbocycles. The summed E-state index contributed by atoms with van der Waals surface area (Å²) >= 11 is 0. The van der Waals surface area contributed by atoms with Crippen molar-refractivity contribution in [2.45, 2.75) is 18.6 Å². The number of benzene rings is 2. The maximum atomic E-state index is 12.9. The van der Waals surface area contributed by atoms with E-state index < -0.39 is 6.10 Å². The number of nitrogens with zero attached hydrogens (tertiary/aromatic N) is 1. The van der Waals surface area contributed by atoms with Crippen LogP contribution in [0, 0.1) is 0 Å². The molecule has 25 heavy (non-hydrogen) atoms. The summed E-state index contributed by atoms with van der Waals surface area (Å²) in [5.74, 6) is -0.150. The van der Waals surface area contributed by atoms with E-state index in [2.05, 4.69) is 10.2 Å². The normalized spacial score (nSPS) is 22.5. The Morgan fingerprint density at radius 2 is 1.80 bits per heavy atom. The molecule has 2 aromatic carbocycles. The fraction of sp³-hybridized carbons (Fsp3) is 0.350. The topological polar surface area (TPSA) is 61.8 Å². The molecule has 1 heterocycles. The second-order valence-electron chi connectivity index (χ2n) is 6.54. The van der Waals surface area contributed by atoms with Crippen molar-refractivity contribution in [3.8, 4) is 0 Å². The van der Waals surface area contributed by atoms with Gasteiger partial charge in [-0.2, -0.15) is 0 Å². The lowest BCUT2D eigenvalue weighted by molar-refractivity contribution is 0.0857. The summed E-state index contributed by atoms with van der Waals surface area (Å²) in [5, 5.41) is 13.4. The molecule has 4 rings (SSSR count). The number of aliphatic hydroxyl groups excluding tert-OH is 1. The number of para-hydroxylation sites is 1. The van der Waals surface area contributed by atoms with E-state index in [1.165, 1.54) is 0 Å². The predicted molar refractivity (Wildman–Crippen MR) is 95.8 cm³/mol. The summed E-state index contributed by atoms with van der Waals surface area (Å²) in [4.78, 5) is 15.1. The highest BCUT2D eigenvalue weighted by Crippen LogP contribution is 2.32. The van der Waals surface area contributed by atoms with Gasteiger partial charge in [0.1, 0.15) is 0 Å². The molecule has 5 heteroatoms. The first kappa shape index (κ1) is 16.1. The molecule has 0 aromatic heterocycles. The lowest BCUT2D eigenvalue weighted by Gasteiger charge is -2.30. The summed E-state index contributed by atoms with van der Waals surface area (Å²) in [6, 6.07) is 15.2. The number of nitrogens with one attached hydrogen (secondary N) is 1. The number of anilines is 1. The van der Waals surface area contributed by atoms with Gasteiger partial charge in [0.2, 0.25) is 0 Å². The molecular formula is C20H22N2O3. The minimum Gasteiger partial charge on any atom is -0.390 e. The van der Waals surface area contributed by atoms with Crippen molar-refractivity contribution in [1.82, 2.24) is 5.32 Å². The molecule has 2 atom stereocenters. The molecule has 0 radical (unpaired) electrons. The van der Waals surface area contributed by atoms with Crippen LogP contribution in [0.5, 0.6) is 0 Å². The fourth-order valence-corrected chi connectivity index (χ4v) is 3.71. The van der Waals surface area contributed by atoms with E-state index in [0.717, 1.165) is 29.9 Å². The third-order valence-corrected chi connectivity index (χ3v) is 4.99. The maximum absolute atomic E-state index is 12.9. The first-order valence-electron chi connectivity index (χ1n) is 8.72. The predicted octanol–water partition coefficient (Wildman–Crippen LogP) is 1.91. The quantitative estimate of drug-likeness (QED) is 0.897. The molecule has 0 bridgehead atoms. The Kier molecular flexibility index (Phi) is 4.42. The van der Waals surface area contributed by atoms with Gasteiger partial charge in [0, 0.05) is 25.2 Å². The van der Waals surface area contributed by atoms with Crippen LogP contribution in [-0.4, -0.2) is 43.4 Å². The van der Waals surface area contributed by atoms with Gasteiger partial charge in [0.25, 0.3) is 5.91 Å². The number of amides is 1. The third kappa shape index (κ3) is 3.13. The van der Waals surface area contributed by atoms with E-state index in [-0.39, 0.29) is 11.9 Å². The highest BCUT2D eigenvalue weighted by molar-refractivity contribution is 6.00. The van der Waals surface area contributed by atoms with E-state index in [1.54, 1.807) is 0 Å². The van der Waals surface area contributed by atoms with Gasteiger partial charge in [0.15, 0.2) is 0 Å². The largest absolute Gasteiger partial charge is 0.390 e.